The number of ether oxygens (including phenoxy) is 1. The number of primary amides is 1. The average Bonchev–Trinajstić information content (AvgIpc) is 2.89. The van der Waals surface area contributed by atoms with Crippen LogP contribution in [0.15, 0.2) is 28.7 Å². The Hall–Kier alpha value is -1.40. The molecule has 2 rings (SSSR count). The molecule has 19 heavy (non-hydrogen) atoms. The fourth-order valence-corrected chi connectivity index (χ4v) is 2.44. The van der Waals surface area contributed by atoms with Crippen LogP contribution in [0.5, 0.6) is 0 Å². The standard InChI is InChI=1S/C13H15BrN2O3/c14-9-4-1-3-8(7-9)11(12(15)17)16-13(18)10-5-2-6-19-10/h1,3-4,7,10-11H,2,5-6H2,(H2,15,17)(H,16,18)/t10-,11-/m0/s1. The second-order valence-corrected chi connectivity index (χ2v) is 5.32. The molecule has 1 fully saturated rings. The van der Waals surface area contributed by atoms with Gasteiger partial charge in [0.05, 0.1) is 0 Å². The maximum atomic E-state index is 12.0. The number of carbonyl (C=O) groups excluding carboxylic acids is 2. The number of rotatable bonds is 4. The van der Waals surface area contributed by atoms with Gasteiger partial charge < -0.3 is 15.8 Å². The summed E-state index contributed by atoms with van der Waals surface area (Å²) >= 11 is 3.32. The number of benzene rings is 1. The number of hydrogen-bond acceptors (Lipinski definition) is 3. The molecule has 1 aromatic carbocycles. The molecule has 0 saturated carbocycles. The van der Waals surface area contributed by atoms with E-state index in [2.05, 4.69) is 21.2 Å². The van der Waals surface area contributed by atoms with Gasteiger partial charge in [0.2, 0.25) is 11.8 Å². The van der Waals surface area contributed by atoms with Crippen LogP contribution in [0.3, 0.4) is 0 Å². The third-order valence-electron chi connectivity index (χ3n) is 2.98. The molecular weight excluding hydrogens is 312 g/mol. The van der Waals surface area contributed by atoms with Gasteiger partial charge in [-0.3, -0.25) is 9.59 Å². The first-order valence-electron chi connectivity index (χ1n) is 6.04. The summed E-state index contributed by atoms with van der Waals surface area (Å²) in [5.74, 6) is -0.884. The number of halogens is 1. The molecule has 0 spiro atoms. The topological polar surface area (TPSA) is 81.4 Å². The van der Waals surface area contributed by atoms with Crippen molar-refractivity contribution < 1.29 is 14.3 Å². The molecule has 0 unspecified atom stereocenters. The zero-order valence-electron chi connectivity index (χ0n) is 10.3. The van der Waals surface area contributed by atoms with Gasteiger partial charge in [-0.25, -0.2) is 0 Å². The van der Waals surface area contributed by atoms with E-state index in [9.17, 15) is 9.59 Å². The number of hydrogen-bond donors (Lipinski definition) is 2. The Labute approximate surface area is 119 Å². The van der Waals surface area contributed by atoms with Gasteiger partial charge in [-0.05, 0) is 30.5 Å². The second-order valence-electron chi connectivity index (χ2n) is 4.40. The summed E-state index contributed by atoms with van der Waals surface area (Å²) in [6.45, 7) is 0.580. The molecule has 5 nitrogen and oxygen atoms in total. The van der Waals surface area contributed by atoms with Crippen LogP contribution in [0.25, 0.3) is 0 Å². The Kier molecular flexibility index (Phi) is 4.55. The van der Waals surface area contributed by atoms with Gasteiger partial charge in [0.25, 0.3) is 0 Å². The predicted octanol–water partition coefficient (Wildman–Crippen LogP) is 1.27. The maximum Gasteiger partial charge on any atom is 0.250 e. The molecule has 6 heteroatoms. The molecule has 0 bridgehead atoms. The van der Waals surface area contributed by atoms with Crippen molar-refractivity contribution in [1.29, 1.82) is 0 Å². The van der Waals surface area contributed by atoms with Crippen LogP contribution in [-0.4, -0.2) is 24.5 Å². The van der Waals surface area contributed by atoms with Crippen LogP contribution >= 0.6 is 15.9 Å². The molecule has 2 atom stereocenters. The first-order chi connectivity index (χ1) is 9.08. The minimum absolute atomic E-state index is 0.290. The van der Waals surface area contributed by atoms with Gasteiger partial charge >= 0.3 is 0 Å². The lowest BCUT2D eigenvalue weighted by molar-refractivity contribution is -0.133. The largest absolute Gasteiger partial charge is 0.368 e. The smallest absolute Gasteiger partial charge is 0.250 e. The lowest BCUT2D eigenvalue weighted by Crippen LogP contribution is -2.42. The molecule has 1 aliphatic heterocycles. The van der Waals surface area contributed by atoms with Crippen molar-refractivity contribution in [2.45, 2.75) is 25.0 Å². The van der Waals surface area contributed by atoms with E-state index in [0.717, 1.165) is 10.9 Å². The summed E-state index contributed by atoms with van der Waals surface area (Å²) < 4.78 is 6.10. The van der Waals surface area contributed by atoms with Crippen LogP contribution in [0, 0.1) is 0 Å². The monoisotopic (exact) mass is 326 g/mol. The minimum Gasteiger partial charge on any atom is -0.368 e. The first-order valence-corrected chi connectivity index (χ1v) is 6.84. The summed E-state index contributed by atoms with van der Waals surface area (Å²) in [7, 11) is 0. The molecule has 3 N–H and O–H groups in total. The Bertz CT molecular complexity index is 487. The van der Waals surface area contributed by atoms with Crippen LogP contribution in [0.4, 0.5) is 0 Å². The van der Waals surface area contributed by atoms with Crippen molar-refractivity contribution in [2.75, 3.05) is 6.61 Å². The van der Waals surface area contributed by atoms with Crippen molar-refractivity contribution in [3.8, 4) is 0 Å². The Balaban J connectivity index is 2.12. The quantitative estimate of drug-likeness (QED) is 0.874. The van der Waals surface area contributed by atoms with Crippen LogP contribution < -0.4 is 11.1 Å². The Morgan fingerprint density at radius 1 is 1.47 bits per heavy atom. The Morgan fingerprint density at radius 2 is 2.26 bits per heavy atom. The van der Waals surface area contributed by atoms with Gasteiger partial charge in [0.15, 0.2) is 0 Å². The average molecular weight is 327 g/mol. The number of nitrogens with one attached hydrogen (secondary N) is 1. The molecule has 0 aliphatic carbocycles. The minimum atomic E-state index is -0.839. The van der Waals surface area contributed by atoms with E-state index in [-0.39, 0.29) is 5.91 Å². The number of amides is 2. The van der Waals surface area contributed by atoms with Gasteiger partial charge in [-0.2, -0.15) is 0 Å². The first kappa shape index (κ1) is 14.0. The fraction of sp³-hybridized carbons (Fsp3) is 0.385. The molecule has 1 aromatic rings. The molecule has 102 valence electrons. The van der Waals surface area contributed by atoms with Gasteiger partial charge in [0.1, 0.15) is 12.1 Å². The second kappa shape index (κ2) is 6.16. The van der Waals surface area contributed by atoms with E-state index >= 15 is 0 Å². The summed E-state index contributed by atoms with van der Waals surface area (Å²) in [6.07, 6.45) is 1.06. The summed E-state index contributed by atoms with van der Waals surface area (Å²) in [4.78, 5) is 23.5. The fourth-order valence-electron chi connectivity index (χ4n) is 2.02. The predicted molar refractivity (Wildman–Crippen MR) is 73.2 cm³/mol. The third-order valence-corrected chi connectivity index (χ3v) is 3.47. The molecular formula is C13H15BrN2O3. The van der Waals surface area contributed by atoms with E-state index in [1.807, 2.05) is 6.07 Å². The van der Waals surface area contributed by atoms with Crippen molar-refractivity contribution in [3.05, 3.63) is 34.3 Å². The van der Waals surface area contributed by atoms with Crippen molar-refractivity contribution >= 4 is 27.7 Å². The lowest BCUT2D eigenvalue weighted by atomic mass is 10.1. The van der Waals surface area contributed by atoms with Crippen molar-refractivity contribution in [3.63, 3.8) is 0 Å². The normalized spacial score (nSPS) is 19.9. The van der Waals surface area contributed by atoms with Gasteiger partial charge in [0, 0.05) is 11.1 Å². The lowest BCUT2D eigenvalue weighted by Gasteiger charge is -2.18. The van der Waals surface area contributed by atoms with Crippen LogP contribution in [0.1, 0.15) is 24.4 Å². The number of carbonyl (C=O) groups is 2. The molecule has 0 radical (unpaired) electrons. The highest BCUT2D eigenvalue weighted by Gasteiger charge is 2.28. The highest BCUT2D eigenvalue weighted by molar-refractivity contribution is 9.10. The molecule has 1 heterocycles. The van der Waals surface area contributed by atoms with Crippen molar-refractivity contribution in [2.24, 2.45) is 5.73 Å². The third kappa shape index (κ3) is 3.54. The SMILES string of the molecule is NC(=O)[C@@H](NC(=O)[C@@H]1CCCO1)c1cccc(Br)c1. The van der Waals surface area contributed by atoms with Crippen LogP contribution in [-0.2, 0) is 14.3 Å². The number of nitrogens with two attached hydrogens (primary N) is 1. The van der Waals surface area contributed by atoms with Crippen LogP contribution in [0.2, 0.25) is 0 Å². The van der Waals surface area contributed by atoms with E-state index in [1.54, 1.807) is 18.2 Å². The van der Waals surface area contributed by atoms with E-state index in [1.165, 1.54) is 0 Å². The highest BCUT2D eigenvalue weighted by atomic mass is 79.9. The highest BCUT2D eigenvalue weighted by Crippen LogP contribution is 2.19. The summed E-state index contributed by atoms with van der Waals surface area (Å²) in [5, 5.41) is 2.64. The van der Waals surface area contributed by atoms with Crippen molar-refractivity contribution in [1.82, 2.24) is 5.32 Å². The van der Waals surface area contributed by atoms with Gasteiger partial charge in [-0.15, -0.1) is 0 Å². The molecule has 0 aromatic heterocycles. The molecule has 1 saturated heterocycles. The Morgan fingerprint density at radius 3 is 2.84 bits per heavy atom. The summed E-state index contributed by atoms with van der Waals surface area (Å²) in [6, 6.07) is 6.28. The molecule has 2 amide bonds. The van der Waals surface area contributed by atoms with E-state index < -0.39 is 18.1 Å². The zero-order valence-corrected chi connectivity index (χ0v) is 11.9. The zero-order chi connectivity index (χ0) is 13.8. The van der Waals surface area contributed by atoms with E-state index in [4.69, 9.17) is 10.5 Å². The van der Waals surface area contributed by atoms with E-state index in [0.29, 0.717) is 18.6 Å². The summed E-state index contributed by atoms with van der Waals surface area (Å²) in [5.41, 5.74) is 6.00. The van der Waals surface area contributed by atoms with Gasteiger partial charge in [-0.1, -0.05) is 28.1 Å². The maximum absolute atomic E-state index is 12.0. The molecule has 1 aliphatic rings.